The van der Waals surface area contributed by atoms with Crippen molar-refractivity contribution in [3.8, 4) is 11.8 Å². The zero-order valence-electron chi connectivity index (χ0n) is 24.0. The number of rotatable bonds is 7. The third-order valence-electron chi connectivity index (χ3n) is 6.54. The van der Waals surface area contributed by atoms with E-state index in [1.165, 1.54) is 54.4 Å². The highest BCUT2D eigenvalue weighted by Gasteiger charge is 2.20. The molecule has 0 spiro atoms. The van der Waals surface area contributed by atoms with Crippen molar-refractivity contribution in [2.75, 3.05) is 30.4 Å². The van der Waals surface area contributed by atoms with Crippen LogP contribution in [0.4, 0.5) is 15.8 Å². The second-order valence-electron chi connectivity index (χ2n) is 9.48. The van der Waals surface area contributed by atoms with E-state index < -0.39 is 11.8 Å². The van der Waals surface area contributed by atoms with E-state index in [0.717, 1.165) is 13.2 Å². The van der Waals surface area contributed by atoms with Gasteiger partial charge in [-0.15, -0.1) is 5.10 Å². The molecule has 0 amide bonds. The first-order valence-corrected chi connectivity index (χ1v) is 14.0. The zero-order chi connectivity index (χ0) is 30.2. The Hall–Kier alpha value is -4.59. The topological polar surface area (TPSA) is 114 Å². The van der Waals surface area contributed by atoms with Crippen LogP contribution >= 0.6 is 11.6 Å². The van der Waals surface area contributed by atoms with Crippen molar-refractivity contribution >= 4 is 33.9 Å². The van der Waals surface area contributed by atoms with Crippen LogP contribution in [0.1, 0.15) is 50.4 Å². The Morgan fingerprint density at radius 3 is 2.62 bits per heavy atom. The molecule has 1 atom stereocenters. The lowest BCUT2D eigenvalue weighted by Crippen LogP contribution is -2.13. The van der Waals surface area contributed by atoms with Gasteiger partial charge in [-0.3, -0.25) is 9.97 Å². The second-order valence-corrected chi connectivity index (χ2v) is 9.89. The van der Waals surface area contributed by atoms with E-state index in [0.29, 0.717) is 50.7 Å². The molecule has 4 heterocycles. The first-order valence-electron chi connectivity index (χ1n) is 14.1. The zero-order valence-corrected chi connectivity index (χ0v) is 23.8. The third-order valence-corrected chi connectivity index (χ3v) is 6.83. The van der Waals surface area contributed by atoms with Gasteiger partial charge in [0.05, 0.1) is 47.3 Å². The fourth-order valence-corrected chi connectivity index (χ4v) is 4.78. The molecule has 0 saturated carbocycles. The van der Waals surface area contributed by atoms with Crippen molar-refractivity contribution in [2.45, 2.75) is 32.2 Å². The van der Waals surface area contributed by atoms with Crippen LogP contribution in [0.25, 0.3) is 16.6 Å². The average molecular weight is 586 g/mol. The Labute approximate surface area is 249 Å². The van der Waals surface area contributed by atoms with Gasteiger partial charge in [0.25, 0.3) is 0 Å². The molecular formula is C31H30ClFN8O. The molecule has 1 saturated heterocycles. The molecule has 214 valence electrons. The molecule has 1 aliphatic rings. The number of aromatic nitrogens is 5. The summed E-state index contributed by atoms with van der Waals surface area (Å²) in [6.07, 6.45) is 10.3. The number of halogens is 2. The van der Waals surface area contributed by atoms with Crippen LogP contribution in [-0.2, 0) is 4.74 Å². The van der Waals surface area contributed by atoms with Gasteiger partial charge in [-0.2, -0.15) is 5.26 Å². The van der Waals surface area contributed by atoms with Crippen molar-refractivity contribution in [1.29, 1.82) is 5.26 Å². The maximum atomic E-state index is 13.8. The van der Waals surface area contributed by atoms with Crippen molar-refractivity contribution in [2.24, 2.45) is 0 Å². The van der Waals surface area contributed by atoms with Crippen LogP contribution < -0.4 is 10.6 Å². The summed E-state index contributed by atoms with van der Waals surface area (Å²) in [4.78, 5) is 8.45. The molecule has 0 unspecified atom stereocenters. The lowest BCUT2D eigenvalue weighted by atomic mass is 10.0. The molecule has 42 heavy (non-hydrogen) atoms. The molecule has 9 nitrogen and oxygen atoms in total. The molecule has 11 heteroatoms. The van der Waals surface area contributed by atoms with Crippen LogP contribution in [0.5, 0.6) is 0 Å². The number of pyridine rings is 2. The molecule has 1 fully saturated rings. The number of nitrogens with one attached hydrogen (secondary N) is 2. The molecule has 0 bridgehead atoms. The summed E-state index contributed by atoms with van der Waals surface area (Å²) in [5.41, 5.74) is 3.32. The molecule has 3 aromatic heterocycles. The van der Waals surface area contributed by atoms with Crippen LogP contribution in [0.2, 0.25) is 5.02 Å². The number of anilines is 2. The molecule has 6 rings (SSSR count). The van der Waals surface area contributed by atoms with Gasteiger partial charge in [-0.1, -0.05) is 28.9 Å². The van der Waals surface area contributed by atoms with Crippen molar-refractivity contribution in [1.82, 2.24) is 25.0 Å². The van der Waals surface area contributed by atoms with Gasteiger partial charge in [-0.25, -0.2) is 9.07 Å². The number of benzene rings is 2. The van der Waals surface area contributed by atoms with Crippen LogP contribution in [0.3, 0.4) is 0 Å². The monoisotopic (exact) mass is 585 g/mol. The van der Waals surface area contributed by atoms with Crippen LogP contribution in [0, 0.1) is 17.1 Å². The highest BCUT2D eigenvalue weighted by molar-refractivity contribution is 6.35. The summed E-state index contributed by atoms with van der Waals surface area (Å²) in [6.45, 7) is 4.50. The smallest absolute Gasteiger partial charge is 0.123 e. The Morgan fingerprint density at radius 2 is 1.98 bits per heavy atom. The van der Waals surface area contributed by atoms with E-state index in [-0.39, 0.29) is 5.69 Å². The first kappa shape index (κ1) is 27.6. The quantitative estimate of drug-likeness (QED) is 0.217. The van der Waals surface area contributed by atoms with Gasteiger partial charge in [0.1, 0.15) is 17.6 Å². The maximum Gasteiger partial charge on any atom is 0.123 e. The number of nitriles is 1. The van der Waals surface area contributed by atoms with Crippen LogP contribution in [0.15, 0.2) is 73.3 Å². The predicted octanol–water partition coefficient (Wildman–Crippen LogP) is 6.69. The minimum absolute atomic E-state index is 0.259. The number of hydrogen-bond acceptors (Lipinski definition) is 8. The average Bonchev–Trinajstić information content (AvgIpc) is 3.55. The summed E-state index contributed by atoms with van der Waals surface area (Å²) in [6, 6.07) is 13.1. The molecule has 5 aromatic rings. The molecule has 2 N–H and O–H groups in total. The van der Waals surface area contributed by atoms with E-state index in [4.69, 9.17) is 16.3 Å². The van der Waals surface area contributed by atoms with E-state index in [9.17, 15) is 11.0 Å². The largest absolute Gasteiger partial charge is 0.384 e. The van der Waals surface area contributed by atoms with E-state index >= 15 is 0 Å². The maximum absolute atomic E-state index is 13.8. The summed E-state index contributed by atoms with van der Waals surface area (Å²) >= 11 is 6.59. The number of fused-ring (bicyclic) bond motifs is 1. The van der Waals surface area contributed by atoms with Gasteiger partial charge in [0, 0.05) is 43.2 Å². The molecule has 0 aliphatic carbocycles. The minimum Gasteiger partial charge on any atom is -0.384 e. The predicted molar refractivity (Wildman–Crippen MR) is 161 cm³/mol. The molecule has 1 aliphatic heterocycles. The third kappa shape index (κ3) is 6.82. The van der Waals surface area contributed by atoms with Gasteiger partial charge in [-0.05, 0) is 68.1 Å². The Bertz CT molecular complexity index is 1710. The van der Waals surface area contributed by atoms with Gasteiger partial charge in [0.2, 0.25) is 0 Å². The minimum atomic E-state index is -1.68. The standard InChI is InChI=1S/C26H20ClFN8.C5H10O/c1-2-31-24-17(12-29)13-32-26-21(24)10-19(11-22(26)27)33-25(16-5-7-18(28)8-6-16)23-15-36(35-34-23)20-4-3-9-30-14-20;1-2-4-6-5-3-1/h3-11,13-15,25,33H,2H2,1H3,(H,31,32);1-5H2/t25-;/m1./s1/i25D;. The number of ether oxygens (including phenoxy) is 1. The summed E-state index contributed by atoms with van der Waals surface area (Å²) < 4.78 is 29.8. The highest BCUT2D eigenvalue weighted by atomic mass is 35.5. The van der Waals surface area contributed by atoms with Gasteiger partial charge >= 0.3 is 0 Å². The SMILES string of the molecule is C1CCOCC1.[2H][C@@](Nc1cc(Cl)c2ncc(C#N)c(NCC)c2c1)(c1ccc(F)cc1)c1cn(-c2cccnc2)nn1. The van der Waals surface area contributed by atoms with E-state index in [2.05, 4.69) is 37.0 Å². The van der Waals surface area contributed by atoms with Crippen molar-refractivity contribution in [3.63, 3.8) is 0 Å². The molecular weight excluding hydrogens is 555 g/mol. The normalized spacial score (nSPS) is 14.6. The van der Waals surface area contributed by atoms with Gasteiger partial charge < -0.3 is 15.4 Å². The fraction of sp³-hybridized carbons (Fsp3) is 0.258. The summed E-state index contributed by atoms with van der Waals surface area (Å²) in [7, 11) is 0. The fourth-order valence-electron chi connectivity index (χ4n) is 4.51. The lowest BCUT2D eigenvalue weighted by Gasteiger charge is -2.20. The number of nitrogens with zero attached hydrogens (tertiary/aromatic N) is 6. The Kier molecular flexibility index (Phi) is 9.09. The summed E-state index contributed by atoms with van der Waals surface area (Å²) in [5.74, 6) is -0.427. The van der Waals surface area contributed by atoms with Crippen molar-refractivity contribution < 1.29 is 10.5 Å². The van der Waals surface area contributed by atoms with Crippen molar-refractivity contribution in [3.05, 3.63) is 101 Å². The molecule has 0 radical (unpaired) electrons. The number of hydrogen-bond donors (Lipinski definition) is 2. The Morgan fingerprint density at radius 1 is 1.17 bits per heavy atom. The molecule has 2 aromatic carbocycles. The van der Waals surface area contributed by atoms with E-state index in [1.54, 1.807) is 36.8 Å². The van der Waals surface area contributed by atoms with E-state index in [1.807, 2.05) is 13.0 Å². The lowest BCUT2D eigenvalue weighted by molar-refractivity contribution is 0.0968. The highest BCUT2D eigenvalue weighted by Crippen LogP contribution is 2.35. The second kappa shape index (κ2) is 13.9. The Balaban J connectivity index is 0.000000548. The van der Waals surface area contributed by atoms with Crippen LogP contribution in [-0.4, -0.2) is 44.7 Å². The van der Waals surface area contributed by atoms with Gasteiger partial charge in [0.15, 0.2) is 0 Å². The summed E-state index contributed by atoms with van der Waals surface area (Å²) in [5, 5.41) is 25.4. The first-order chi connectivity index (χ1) is 20.9.